The molecule has 0 bridgehead atoms. The maximum Gasteiger partial charge on any atom is 0.327 e. The Morgan fingerprint density at radius 3 is 2.56 bits per heavy atom. The number of hydrogen-bond acceptors (Lipinski definition) is 5. The number of aryl methyl sites for hydroxylation is 1. The Labute approximate surface area is 170 Å². The molecule has 27 heavy (non-hydrogen) atoms. The van der Waals surface area contributed by atoms with Crippen LogP contribution in [0.2, 0.25) is 0 Å². The van der Waals surface area contributed by atoms with Gasteiger partial charge in [0.15, 0.2) is 0 Å². The number of aromatic nitrogens is 2. The van der Waals surface area contributed by atoms with E-state index in [-0.39, 0.29) is 23.1 Å². The van der Waals surface area contributed by atoms with Crippen LogP contribution in [-0.4, -0.2) is 59.8 Å². The summed E-state index contributed by atoms with van der Waals surface area (Å²) in [5.74, 6) is -1.98. The molecule has 0 spiro atoms. The van der Waals surface area contributed by atoms with Crippen LogP contribution in [0.4, 0.5) is 0 Å². The molecule has 2 saturated heterocycles. The fourth-order valence-electron chi connectivity index (χ4n) is 3.64. The number of amides is 2. The number of fused-ring (bicyclic) bond motifs is 1. The van der Waals surface area contributed by atoms with E-state index in [0.29, 0.717) is 6.54 Å². The minimum atomic E-state index is -1.02. The first-order valence-electron chi connectivity index (χ1n) is 8.68. The molecule has 3 rings (SSSR count). The van der Waals surface area contributed by atoms with Crippen molar-refractivity contribution in [2.24, 2.45) is 5.92 Å². The molecule has 2 amide bonds. The molecule has 0 radical (unpaired) electrons. The van der Waals surface area contributed by atoms with Gasteiger partial charge < -0.3 is 15.3 Å². The van der Waals surface area contributed by atoms with Crippen molar-refractivity contribution in [3.63, 3.8) is 0 Å². The first-order valence-corrected chi connectivity index (χ1v) is 10.4. The van der Waals surface area contributed by atoms with Gasteiger partial charge >= 0.3 is 5.97 Å². The van der Waals surface area contributed by atoms with Crippen molar-refractivity contribution in [2.75, 3.05) is 0 Å². The van der Waals surface area contributed by atoms with Gasteiger partial charge in [-0.15, -0.1) is 11.8 Å². The molecule has 4 atom stereocenters. The van der Waals surface area contributed by atoms with Gasteiger partial charge in [0.2, 0.25) is 11.8 Å². The predicted molar refractivity (Wildman–Crippen MR) is 104 cm³/mol. The highest BCUT2D eigenvalue weighted by molar-refractivity contribution is 9.10. The van der Waals surface area contributed by atoms with Crippen LogP contribution in [0.3, 0.4) is 0 Å². The Hall–Kier alpha value is -1.55. The first-order chi connectivity index (χ1) is 12.5. The molecular formula is C17H23BrN4O4S. The van der Waals surface area contributed by atoms with Crippen LogP contribution in [0, 0.1) is 19.8 Å². The molecule has 10 heteroatoms. The van der Waals surface area contributed by atoms with Gasteiger partial charge in [0.25, 0.3) is 0 Å². The first kappa shape index (κ1) is 20.2. The van der Waals surface area contributed by atoms with Crippen LogP contribution in [0.15, 0.2) is 4.47 Å². The largest absolute Gasteiger partial charge is 0.480 e. The van der Waals surface area contributed by atoms with E-state index >= 15 is 0 Å². The number of thioether (sulfide) groups is 1. The van der Waals surface area contributed by atoms with Gasteiger partial charge in [0.05, 0.1) is 22.6 Å². The smallest absolute Gasteiger partial charge is 0.327 e. The Morgan fingerprint density at radius 2 is 2.04 bits per heavy atom. The van der Waals surface area contributed by atoms with E-state index in [4.69, 9.17) is 0 Å². The minimum Gasteiger partial charge on any atom is -0.480 e. The number of nitrogens with one attached hydrogen (secondary N) is 1. The van der Waals surface area contributed by atoms with Gasteiger partial charge in [-0.25, -0.2) is 4.79 Å². The summed E-state index contributed by atoms with van der Waals surface area (Å²) in [6, 6.07) is -1.56. The van der Waals surface area contributed by atoms with Gasteiger partial charge in [0, 0.05) is 10.4 Å². The Kier molecular flexibility index (Phi) is 5.09. The number of carboxylic acid groups (broad SMARTS) is 1. The van der Waals surface area contributed by atoms with Crippen molar-refractivity contribution in [3.05, 3.63) is 15.9 Å². The number of carboxylic acids is 1. The van der Waals surface area contributed by atoms with E-state index in [1.165, 1.54) is 16.7 Å². The molecule has 0 unspecified atom stereocenters. The Morgan fingerprint density at radius 1 is 1.41 bits per heavy atom. The number of carbonyl (C=O) groups is 3. The molecule has 3 heterocycles. The zero-order valence-corrected chi connectivity index (χ0v) is 18.2. The second-order valence-electron chi connectivity index (χ2n) is 7.65. The number of halogens is 1. The maximum absolute atomic E-state index is 12.6. The molecule has 0 aromatic carbocycles. The predicted octanol–water partition coefficient (Wildman–Crippen LogP) is 1.53. The van der Waals surface area contributed by atoms with Crippen LogP contribution < -0.4 is 5.32 Å². The average Bonchev–Trinajstić information content (AvgIpc) is 2.97. The van der Waals surface area contributed by atoms with E-state index in [0.717, 1.165) is 15.9 Å². The fraction of sp³-hybridized carbons (Fsp3) is 0.647. The van der Waals surface area contributed by atoms with E-state index in [1.54, 1.807) is 11.6 Å². The molecule has 148 valence electrons. The van der Waals surface area contributed by atoms with Crippen LogP contribution >= 0.6 is 27.7 Å². The quantitative estimate of drug-likeness (QED) is 0.648. The van der Waals surface area contributed by atoms with Crippen molar-refractivity contribution in [1.29, 1.82) is 0 Å². The lowest BCUT2D eigenvalue weighted by molar-refractivity contribution is -0.161. The van der Waals surface area contributed by atoms with Crippen molar-refractivity contribution in [1.82, 2.24) is 20.0 Å². The molecule has 0 saturated carbocycles. The SMILES string of the molecule is Cc1nn(C[C@@H](C)C(=O)N[C@H]2C(=O)N3[C@@H]2SC(C)(C)[C@H]3C(=O)O)c(C)c1Br. The van der Waals surface area contributed by atoms with Crippen LogP contribution in [0.1, 0.15) is 32.2 Å². The van der Waals surface area contributed by atoms with Gasteiger partial charge in [-0.1, -0.05) is 6.92 Å². The monoisotopic (exact) mass is 458 g/mol. The van der Waals surface area contributed by atoms with Crippen molar-refractivity contribution >= 4 is 45.5 Å². The lowest BCUT2D eigenvalue weighted by Crippen LogP contribution is -2.71. The van der Waals surface area contributed by atoms with Gasteiger partial charge in [-0.3, -0.25) is 14.3 Å². The molecule has 0 aliphatic carbocycles. The number of aliphatic carboxylic acids is 1. The van der Waals surface area contributed by atoms with Gasteiger partial charge in [-0.2, -0.15) is 5.10 Å². The third-order valence-electron chi connectivity index (χ3n) is 5.16. The highest BCUT2D eigenvalue weighted by Crippen LogP contribution is 2.50. The molecular weight excluding hydrogens is 436 g/mol. The third kappa shape index (κ3) is 3.26. The molecule has 2 aliphatic rings. The molecule has 2 N–H and O–H groups in total. The van der Waals surface area contributed by atoms with E-state index in [1.807, 2.05) is 27.7 Å². The minimum absolute atomic E-state index is 0.242. The zero-order valence-electron chi connectivity index (χ0n) is 15.8. The highest BCUT2D eigenvalue weighted by atomic mass is 79.9. The van der Waals surface area contributed by atoms with E-state index < -0.39 is 22.8 Å². The maximum atomic E-state index is 12.6. The van der Waals surface area contributed by atoms with Crippen LogP contribution in [-0.2, 0) is 20.9 Å². The number of hydrogen-bond donors (Lipinski definition) is 2. The number of rotatable bonds is 5. The summed E-state index contributed by atoms with van der Waals surface area (Å²) in [4.78, 5) is 38.0. The topological polar surface area (TPSA) is 105 Å². The van der Waals surface area contributed by atoms with Crippen molar-refractivity contribution in [3.8, 4) is 0 Å². The fourth-order valence-corrected chi connectivity index (χ4v) is 5.55. The summed E-state index contributed by atoms with van der Waals surface area (Å²) in [6.07, 6.45) is 0. The molecule has 8 nitrogen and oxygen atoms in total. The zero-order chi connectivity index (χ0) is 20.3. The highest BCUT2D eigenvalue weighted by Gasteiger charge is 2.64. The normalized spacial score (nSPS) is 27.1. The third-order valence-corrected chi connectivity index (χ3v) is 7.88. The lowest BCUT2D eigenvalue weighted by Gasteiger charge is -2.43. The summed E-state index contributed by atoms with van der Waals surface area (Å²) in [5, 5.41) is 16.3. The summed E-state index contributed by atoms with van der Waals surface area (Å²) in [5.41, 5.74) is 1.80. The number of carbonyl (C=O) groups excluding carboxylic acids is 2. The van der Waals surface area contributed by atoms with Crippen molar-refractivity contribution < 1.29 is 19.5 Å². The molecule has 1 aromatic rings. The number of nitrogens with zero attached hydrogens (tertiary/aromatic N) is 3. The molecule has 2 aliphatic heterocycles. The second-order valence-corrected chi connectivity index (χ2v) is 10.2. The number of β-lactam (4-membered cyclic amide) rings is 1. The second kappa shape index (κ2) is 6.80. The Balaban J connectivity index is 1.66. The van der Waals surface area contributed by atoms with Crippen LogP contribution in [0.5, 0.6) is 0 Å². The van der Waals surface area contributed by atoms with Gasteiger partial charge in [-0.05, 0) is 43.6 Å². The summed E-state index contributed by atoms with van der Waals surface area (Å²) < 4.78 is 2.09. The van der Waals surface area contributed by atoms with Gasteiger partial charge in [0.1, 0.15) is 17.5 Å². The summed E-state index contributed by atoms with van der Waals surface area (Å²) in [6.45, 7) is 9.61. The van der Waals surface area contributed by atoms with Crippen molar-refractivity contribution in [2.45, 2.75) is 63.4 Å². The summed E-state index contributed by atoms with van der Waals surface area (Å²) >= 11 is 4.89. The van der Waals surface area contributed by atoms with Crippen LogP contribution in [0.25, 0.3) is 0 Å². The molecule has 1 aromatic heterocycles. The summed E-state index contributed by atoms with van der Waals surface area (Å²) in [7, 11) is 0. The van der Waals surface area contributed by atoms with E-state index in [2.05, 4.69) is 26.3 Å². The lowest BCUT2D eigenvalue weighted by atomic mass is 9.95. The molecule has 2 fully saturated rings. The van der Waals surface area contributed by atoms with E-state index in [9.17, 15) is 19.5 Å². The average molecular weight is 459 g/mol. The standard InChI is InChI=1S/C17H23BrN4O4S/c1-7(6-21-9(3)10(18)8(2)20-21)13(23)19-11-14(24)22-12(16(25)26)17(4,5)27-15(11)22/h7,11-12,15H,6H2,1-5H3,(H,19,23)(H,25,26)/t7-,11+,12-,15-/m1/s1. The Bertz CT molecular complexity index is 824.